The maximum atomic E-state index is 3.83. The Bertz CT molecular complexity index is 3280. The molecule has 0 fully saturated rings. The van der Waals surface area contributed by atoms with Gasteiger partial charge >= 0.3 is 0 Å². The number of aryl methyl sites for hydroxylation is 4. The highest BCUT2D eigenvalue weighted by atomic mass is 32.1. The topological polar surface area (TPSA) is 0 Å². The number of benzene rings is 8. The van der Waals surface area contributed by atoms with Crippen LogP contribution in [0.5, 0.6) is 0 Å². The van der Waals surface area contributed by atoms with Crippen molar-refractivity contribution in [3.8, 4) is 20.9 Å². The molecule has 0 aliphatic rings. The lowest BCUT2D eigenvalue weighted by Gasteiger charge is -2.07. The van der Waals surface area contributed by atoms with Crippen molar-refractivity contribution < 1.29 is 0 Å². The maximum absolute atomic E-state index is 3.83. The van der Waals surface area contributed by atoms with Crippen LogP contribution < -0.4 is 0 Å². The van der Waals surface area contributed by atoms with Gasteiger partial charge in [-0.3, -0.25) is 0 Å². The minimum atomic E-state index is 1.18. The molecule has 0 radical (unpaired) electrons. The van der Waals surface area contributed by atoms with Crippen LogP contribution in [0.3, 0.4) is 0 Å². The summed E-state index contributed by atoms with van der Waals surface area (Å²) in [5.41, 5.74) is 10.5. The summed E-state index contributed by atoms with van der Waals surface area (Å²) in [7, 11) is 0. The molecule has 0 saturated carbocycles. The summed E-state index contributed by atoms with van der Waals surface area (Å²) in [6.07, 6.45) is 32.0. The lowest BCUT2D eigenvalue weighted by molar-refractivity contribution is 0.670. The molecular weight excluding hydrogens is 1040 g/mol. The van der Waals surface area contributed by atoms with Gasteiger partial charge in [0.2, 0.25) is 0 Å². The van der Waals surface area contributed by atoms with Crippen LogP contribution in [0.25, 0.3) is 88.3 Å². The number of thiocarbonyl (C=S) groups is 2. The highest BCUT2D eigenvalue weighted by Gasteiger charge is 2.09. The average Bonchev–Trinajstić information content (AvgIpc) is 4.22. The number of hydrogen-bond donors (Lipinski definition) is 0. The molecule has 0 aliphatic heterocycles. The lowest BCUT2D eigenvalue weighted by Crippen LogP contribution is -1.85. The van der Waals surface area contributed by atoms with Crippen molar-refractivity contribution in [2.75, 3.05) is 0 Å². The molecule has 8 aromatic carbocycles. The lowest BCUT2D eigenvalue weighted by atomic mass is 9.99. The van der Waals surface area contributed by atoms with E-state index < -0.39 is 0 Å². The maximum Gasteiger partial charge on any atom is 0.0345 e. The largest absolute Gasteiger partial charge is 0.140 e. The zero-order chi connectivity index (χ0) is 56.3. The molecule has 2 heterocycles. The molecule has 0 N–H and O–H groups in total. The molecule has 0 nitrogen and oxygen atoms in total. The van der Waals surface area contributed by atoms with Crippen molar-refractivity contribution in [2.45, 2.75) is 143 Å². The predicted octanol–water partition coefficient (Wildman–Crippen LogP) is 24.7. The number of thiophene rings is 2. The SMILES string of the molecule is C=S.C=S.CCCCCCc1ccc(-c2ccc3cc4cc(-c5ccc(CCCCCC)s5)ccc4cc3c2)s1.CCCCCc1ccc(/C=C/c2ccc3cc4cc(/C=C/c5ccc(CCCCC)cc5)ccc4cc3c2)cc1. The molecule has 0 unspecified atom stereocenters. The first kappa shape index (κ1) is 61.5. The van der Waals surface area contributed by atoms with Gasteiger partial charge in [0.15, 0.2) is 0 Å². The second-order valence-electron chi connectivity index (χ2n) is 21.3. The summed E-state index contributed by atoms with van der Waals surface area (Å²) < 4.78 is 0. The fourth-order valence-corrected chi connectivity index (χ4v) is 12.6. The molecule has 0 spiro atoms. The average molecular weight is 1130 g/mol. The Labute approximate surface area is 499 Å². The Morgan fingerprint density at radius 1 is 0.287 bits per heavy atom. The third-order valence-corrected chi connectivity index (χ3v) is 17.5. The first-order chi connectivity index (χ1) is 39.4. The van der Waals surface area contributed by atoms with E-state index in [1.807, 2.05) is 22.7 Å². The van der Waals surface area contributed by atoms with Crippen molar-refractivity contribution in [2.24, 2.45) is 0 Å². The molecule has 2 aromatic heterocycles. The Morgan fingerprint density at radius 2 is 0.600 bits per heavy atom. The van der Waals surface area contributed by atoms with Gasteiger partial charge < -0.3 is 0 Å². The molecule has 80 heavy (non-hydrogen) atoms. The van der Waals surface area contributed by atoms with E-state index in [1.54, 1.807) is 0 Å². The van der Waals surface area contributed by atoms with E-state index in [2.05, 4.69) is 258 Å². The van der Waals surface area contributed by atoms with E-state index >= 15 is 0 Å². The molecular formula is C76H84S4. The van der Waals surface area contributed by atoms with Crippen molar-refractivity contribution in [3.05, 3.63) is 213 Å². The quantitative estimate of drug-likeness (QED) is 0.0256. The Kier molecular flexibility index (Phi) is 25.8. The highest BCUT2D eigenvalue weighted by Crippen LogP contribution is 2.36. The summed E-state index contributed by atoms with van der Waals surface area (Å²) in [4.78, 5) is 5.82. The van der Waals surface area contributed by atoms with Crippen LogP contribution in [0.4, 0.5) is 0 Å². The summed E-state index contributed by atoms with van der Waals surface area (Å²) in [5.74, 6) is 5.67. The molecule has 4 heteroatoms. The van der Waals surface area contributed by atoms with Crippen molar-refractivity contribution in [1.82, 2.24) is 0 Å². The second-order valence-corrected chi connectivity index (χ2v) is 23.6. The van der Waals surface area contributed by atoms with Crippen LogP contribution in [0.1, 0.15) is 161 Å². The van der Waals surface area contributed by atoms with Gasteiger partial charge in [-0.25, -0.2) is 0 Å². The summed E-state index contributed by atoms with van der Waals surface area (Å²) in [6.45, 7) is 9.07. The van der Waals surface area contributed by atoms with Gasteiger partial charge in [-0.1, -0.05) is 238 Å². The fraction of sp³-hybridized carbons (Fsp3) is 0.289. The molecule has 412 valence electrons. The van der Waals surface area contributed by atoms with Crippen molar-refractivity contribution in [1.29, 1.82) is 0 Å². The number of fused-ring (bicyclic) bond motifs is 4. The standard InChI is InChI=1S/C40H42.C34H38S2.2CH2S/c1-3-5-7-9-31-11-15-33(16-12-31)19-21-35-23-25-37-30-40-28-36(24-26-38(40)29-39(37)27-35)22-20-34-17-13-32(14-18-34)10-8-6-4-2;1-3-5-7-9-11-31-17-19-33(35-31)27-15-13-25-22-30-24-28(16-14-26(30)21-29(25)23-27)34-20-18-32(36-34)12-10-8-6-4-2;2*1-2/h11-30H,3-10H2,1-2H3;13-24H,3-12H2,1-2H3;2*1H2/b21-19+,22-20+;;;. The molecule has 10 aromatic rings. The molecule has 0 amide bonds. The van der Waals surface area contributed by atoms with Crippen LogP contribution in [-0.4, -0.2) is 11.7 Å². The smallest absolute Gasteiger partial charge is 0.0345 e. The zero-order valence-corrected chi connectivity index (χ0v) is 51.5. The summed E-state index contributed by atoms with van der Waals surface area (Å²) in [5, 5.41) is 10.4. The third kappa shape index (κ3) is 18.4. The van der Waals surface area contributed by atoms with E-state index in [-0.39, 0.29) is 0 Å². The minimum Gasteiger partial charge on any atom is -0.140 e. The second kappa shape index (κ2) is 33.6. The molecule has 10 rings (SSSR count). The number of hydrogen-bond acceptors (Lipinski definition) is 4. The molecule has 0 saturated heterocycles. The van der Waals surface area contributed by atoms with Crippen LogP contribution >= 0.6 is 47.1 Å². The van der Waals surface area contributed by atoms with Crippen molar-refractivity contribution >= 4 is 126 Å². The fourth-order valence-electron chi connectivity index (χ4n) is 10.5. The minimum absolute atomic E-state index is 1.18. The summed E-state index contributed by atoms with van der Waals surface area (Å²) >= 11 is 11.6. The van der Waals surface area contributed by atoms with E-state index in [9.17, 15) is 0 Å². The van der Waals surface area contributed by atoms with Gasteiger partial charge in [-0.05, 0) is 224 Å². The predicted molar refractivity (Wildman–Crippen MR) is 372 cm³/mol. The van der Waals surface area contributed by atoms with E-state index in [0.29, 0.717) is 0 Å². The van der Waals surface area contributed by atoms with Gasteiger partial charge in [-0.2, -0.15) is 0 Å². The number of rotatable bonds is 24. The van der Waals surface area contributed by atoms with Gasteiger partial charge in [0.1, 0.15) is 0 Å². The van der Waals surface area contributed by atoms with Gasteiger partial charge in [0.25, 0.3) is 0 Å². The normalized spacial score (nSPS) is 11.2. The molecule has 0 aliphatic carbocycles. The van der Waals surface area contributed by atoms with Crippen LogP contribution in [0.15, 0.2) is 170 Å². The Hall–Kier alpha value is -6.14. The van der Waals surface area contributed by atoms with Crippen LogP contribution in [0.2, 0.25) is 0 Å². The Balaban J connectivity index is 0.000000219. The van der Waals surface area contributed by atoms with Gasteiger partial charge in [0.05, 0.1) is 0 Å². The highest BCUT2D eigenvalue weighted by molar-refractivity contribution is 7.77. The summed E-state index contributed by atoms with van der Waals surface area (Å²) in [6, 6.07) is 64.2. The zero-order valence-electron chi connectivity index (χ0n) is 48.3. The first-order valence-corrected chi connectivity index (χ1v) is 32.5. The first-order valence-electron chi connectivity index (χ1n) is 29.7. The van der Waals surface area contributed by atoms with E-state index in [1.165, 1.54) is 223 Å². The molecule has 0 atom stereocenters. The molecule has 0 bridgehead atoms. The third-order valence-electron chi connectivity index (χ3n) is 15.1. The van der Waals surface area contributed by atoms with E-state index in [4.69, 9.17) is 0 Å². The van der Waals surface area contributed by atoms with E-state index in [0.717, 1.165) is 0 Å². The Morgan fingerprint density at radius 3 is 0.975 bits per heavy atom. The van der Waals surface area contributed by atoms with Gasteiger partial charge in [-0.15, -0.1) is 22.7 Å². The van der Waals surface area contributed by atoms with Crippen LogP contribution in [0, 0.1) is 0 Å². The van der Waals surface area contributed by atoms with Crippen molar-refractivity contribution in [3.63, 3.8) is 0 Å². The van der Waals surface area contributed by atoms with Gasteiger partial charge in [0, 0.05) is 19.5 Å². The van der Waals surface area contributed by atoms with Crippen LogP contribution in [-0.2, 0) is 25.7 Å². The number of unbranched alkanes of at least 4 members (excludes halogenated alkanes) is 10. The monoisotopic (exact) mass is 1120 g/mol.